The second-order valence-corrected chi connectivity index (χ2v) is 15.5. The van der Waals surface area contributed by atoms with E-state index in [9.17, 15) is 38.4 Å². The Morgan fingerprint density at radius 2 is 0.860 bits per heavy atom. The first-order valence-corrected chi connectivity index (χ1v) is 19.9. The third-order valence-corrected chi connectivity index (χ3v) is 11.6. The minimum atomic E-state index is -1.51. The number of rotatable bonds is 16. The van der Waals surface area contributed by atoms with Gasteiger partial charge in [-0.3, -0.25) is 56.6 Å². The third-order valence-electron chi connectivity index (χ3n) is 9.52. The highest BCUT2D eigenvalue weighted by molar-refractivity contribution is 7.44. The van der Waals surface area contributed by atoms with Gasteiger partial charge in [0.1, 0.15) is 0 Å². The Balaban J connectivity index is 0.000000241. The van der Waals surface area contributed by atoms with Crippen LogP contribution in [0.4, 0.5) is 0 Å². The maximum atomic E-state index is 13.0. The van der Waals surface area contributed by atoms with Crippen molar-refractivity contribution >= 4 is 51.6 Å². The van der Waals surface area contributed by atoms with Gasteiger partial charge in [0.25, 0.3) is 53.0 Å². The van der Waals surface area contributed by atoms with Gasteiger partial charge in [-0.25, -0.2) is 4.67 Å². The molecule has 2 aromatic carbocycles. The maximum Gasteiger partial charge on any atom is 0.261 e. The van der Waals surface area contributed by atoms with Crippen LogP contribution in [0.2, 0.25) is 0 Å². The number of nitriles is 1. The first kappa shape index (κ1) is 42.9. The van der Waals surface area contributed by atoms with Crippen LogP contribution in [0.5, 0.6) is 0 Å². The molecule has 57 heavy (non-hydrogen) atoms. The normalized spacial score (nSPS) is 12.5. The van der Waals surface area contributed by atoms with Crippen LogP contribution in [0.1, 0.15) is 60.8 Å². The van der Waals surface area contributed by atoms with E-state index < -0.39 is 53.0 Å². The van der Waals surface area contributed by atoms with Gasteiger partial charge in [0, 0.05) is 25.2 Å². The average Bonchev–Trinajstić information content (AvgIpc) is 3.74. The standard InChI is InChI=1S/C24H31N4O6P.C15H14N2O5/c1-6-9-26-21(29)17-13-19-20(14-18(17)22(26)30)24(32)27(23(19)31)10-12-34-35(33-11-7-8-25)28(15(2)3)16(4)5;1-2-3-16-12(19)8-6-10-11(7-9(8)13(16)20)15(22)17(4-5-18)14(10)21/h13-16H,6-7,9-12H2,1-5H3;6-7,18H,2-5H2,1H3. The van der Waals surface area contributed by atoms with Gasteiger partial charge in [0.15, 0.2) is 0 Å². The van der Waals surface area contributed by atoms with E-state index >= 15 is 0 Å². The number of aromatic nitrogens is 4. The molecule has 18 heteroatoms. The van der Waals surface area contributed by atoms with E-state index in [0.29, 0.717) is 19.4 Å². The summed E-state index contributed by atoms with van der Waals surface area (Å²) >= 11 is 0. The smallest absolute Gasteiger partial charge is 0.261 e. The number of fused-ring (bicyclic) bond motifs is 4. The number of hydrogen-bond acceptors (Lipinski definition) is 13. The van der Waals surface area contributed by atoms with Crippen LogP contribution in [0.15, 0.2) is 62.6 Å². The predicted molar refractivity (Wildman–Crippen MR) is 219 cm³/mol. The third kappa shape index (κ3) is 8.01. The predicted octanol–water partition coefficient (Wildman–Crippen LogP) is 1.93. The minimum absolute atomic E-state index is 0.00859. The largest absolute Gasteiger partial charge is 0.395 e. The summed E-state index contributed by atoms with van der Waals surface area (Å²) < 4.78 is 18.1. The Labute approximate surface area is 325 Å². The lowest BCUT2D eigenvalue weighted by Crippen LogP contribution is -2.34. The van der Waals surface area contributed by atoms with Gasteiger partial charge in [-0.1, -0.05) is 13.8 Å². The molecule has 0 aliphatic carbocycles. The SMILES string of the molecule is CCCn1c(=O)c2cc3c(=O)n(CCO)c(=O)c3cc2c1=O.CCCn1c(=O)c2cc3c(=O)n(CCOP(OCCC#N)N(C(C)C)C(C)C)c(=O)c3cc2c1=O. The second-order valence-electron chi connectivity index (χ2n) is 14.0. The lowest BCUT2D eigenvalue weighted by Gasteiger charge is -2.35. The van der Waals surface area contributed by atoms with Gasteiger partial charge in [-0.2, -0.15) is 5.26 Å². The van der Waals surface area contributed by atoms with Gasteiger partial charge in [-0.15, -0.1) is 0 Å². The average molecular weight is 805 g/mol. The molecule has 0 amide bonds. The first-order valence-electron chi connectivity index (χ1n) is 18.8. The topological polar surface area (TPSA) is 222 Å². The molecular weight excluding hydrogens is 759 g/mol. The van der Waals surface area contributed by atoms with E-state index in [1.165, 1.54) is 24.3 Å². The maximum absolute atomic E-state index is 13.0. The van der Waals surface area contributed by atoms with Crippen molar-refractivity contribution in [2.45, 2.75) is 99.1 Å². The number of nitrogens with zero attached hydrogens (tertiary/aromatic N) is 6. The number of aliphatic hydroxyl groups is 1. The van der Waals surface area contributed by atoms with Crippen LogP contribution >= 0.6 is 8.53 Å². The lowest BCUT2D eigenvalue weighted by molar-refractivity contribution is 0.172. The Hall–Kier alpha value is -5.24. The van der Waals surface area contributed by atoms with Crippen molar-refractivity contribution in [2.75, 3.05) is 19.8 Å². The van der Waals surface area contributed by atoms with Crippen molar-refractivity contribution in [1.29, 1.82) is 5.26 Å². The van der Waals surface area contributed by atoms with E-state index in [1.54, 1.807) is 0 Å². The molecule has 1 unspecified atom stereocenters. The number of hydrogen-bond donors (Lipinski definition) is 1. The highest BCUT2D eigenvalue weighted by atomic mass is 31.2. The zero-order valence-corrected chi connectivity index (χ0v) is 33.6. The number of benzene rings is 2. The molecule has 0 saturated carbocycles. The summed E-state index contributed by atoms with van der Waals surface area (Å²) in [4.78, 5) is 100. The molecular formula is C39H45N6O11P. The van der Waals surface area contributed by atoms with Crippen molar-refractivity contribution in [3.63, 3.8) is 0 Å². The molecule has 0 radical (unpaired) electrons. The molecule has 0 saturated heterocycles. The zero-order chi connectivity index (χ0) is 41.9. The molecule has 0 aliphatic rings. The molecule has 0 spiro atoms. The summed E-state index contributed by atoms with van der Waals surface area (Å²) in [7, 11) is -1.51. The second kappa shape index (κ2) is 17.9. The van der Waals surface area contributed by atoms with Crippen LogP contribution in [-0.2, 0) is 35.2 Å². The highest BCUT2D eigenvalue weighted by Crippen LogP contribution is 2.45. The molecule has 4 heterocycles. The quantitative estimate of drug-likeness (QED) is 0.109. The van der Waals surface area contributed by atoms with Gasteiger partial charge >= 0.3 is 0 Å². The monoisotopic (exact) mass is 804 g/mol. The van der Waals surface area contributed by atoms with Gasteiger partial charge in [0.05, 0.1) is 88.5 Å². The van der Waals surface area contributed by atoms with Gasteiger partial charge < -0.3 is 14.2 Å². The molecule has 17 nitrogen and oxygen atoms in total. The van der Waals surface area contributed by atoms with Crippen molar-refractivity contribution < 1.29 is 14.2 Å². The summed E-state index contributed by atoms with van der Waals surface area (Å²) in [5.74, 6) is 0. The van der Waals surface area contributed by atoms with Crippen LogP contribution in [0, 0.1) is 11.3 Å². The van der Waals surface area contributed by atoms with Gasteiger partial charge in [-0.05, 0) is 64.8 Å². The molecule has 6 aromatic rings. The summed E-state index contributed by atoms with van der Waals surface area (Å²) in [6, 6.07) is 7.63. The number of aliphatic hydroxyl groups excluding tert-OH is 1. The van der Waals surface area contributed by atoms with Crippen molar-refractivity contribution in [3.8, 4) is 6.07 Å². The van der Waals surface area contributed by atoms with Crippen molar-refractivity contribution in [1.82, 2.24) is 22.9 Å². The summed E-state index contributed by atoms with van der Waals surface area (Å²) in [6.07, 6.45) is 1.47. The van der Waals surface area contributed by atoms with Crippen molar-refractivity contribution in [3.05, 3.63) is 107 Å². The van der Waals surface area contributed by atoms with Gasteiger partial charge in [0.2, 0.25) is 0 Å². The first-order chi connectivity index (χ1) is 27.1. The highest BCUT2D eigenvalue weighted by Gasteiger charge is 2.28. The lowest BCUT2D eigenvalue weighted by atomic mass is 10.1. The molecule has 0 aliphatic heterocycles. The molecule has 1 N–H and O–H groups in total. The summed E-state index contributed by atoms with van der Waals surface area (Å²) in [6.45, 7) is 12.2. The molecule has 302 valence electrons. The van der Waals surface area contributed by atoms with E-state index in [0.717, 1.165) is 18.3 Å². The van der Waals surface area contributed by atoms with E-state index in [2.05, 4.69) is 4.67 Å². The molecule has 4 aromatic heterocycles. The molecule has 1 atom stereocenters. The Morgan fingerprint density at radius 1 is 0.561 bits per heavy atom. The zero-order valence-electron chi connectivity index (χ0n) is 32.7. The molecule has 0 bridgehead atoms. The van der Waals surface area contributed by atoms with E-state index in [4.69, 9.17) is 19.4 Å². The molecule has 0 fully saturated rings. The van der Waals surface area contributed by atoms with E-state index in [-0.39, 0.29) is 101 Å². The minimum Gasteiger partial charge on any atom is -0.395 e. The fourth-order valence-electron chi connectivity index (χ4n) is 7.03. The molecule has 6 rings (SSSR count). The Kier molecular flexibility index (Phi) is 13.5. The van der Waals surface area contributed by atoms with Crippen LogP contribution in [0.25, 0.3) is 43.1 Å². The van der Waals surface area contributed by atoms with Crippen LogP contribution in [-0.4, -0.2) is 59.9 Å². The van der Waals surface area contributed by atoms with Crippen LogP contribution < -0.4 is 44.5 Å². The Morgan fingerprint density at radius 3 is 1.14 bits per heavy atom. The fourth-order valence-corrected chi connectivity index (χ4v) is 8.61. The summed E-state index contributed by atoms with van der Waals surface area (Å²) in [5.41, 5.74) is -3.92. The van der Waals surface area contributed by atoms with E-state index in [1.807, 2.05) is 47.6 Å². The fraction of sp³-hybridized carbons (Fsp3) is 0.462. The Bertz CT molecular complexity index is 2670. The van der Waals surface area contributed by atoms with Crippen LogP contribution in [0.3, 0.4) is 0 Å². The van der Waals surface area contributed by atoms with Crippen molar-refractivity contribution in [2.24, 2.45) is 0 Å². The summed E-state index contributed by atoms with van der Waals surface area (Å²) in [5, 5.41) is 18.8.